The molecule has 304 valence electrons. The van der Waals surface area contributed by atoms with Crippen molar-refractivity contribution in [2.75, 3.05) is 67.0 Å². The van der Waals surface area contributed by atoms with Gasteiger partial charge in [0.15, 0.2) is 28.8 Å². The van der Waals surface area contributed by atoms with Gasteiger partial charge in [0.2, 0.25) is 0 Å². The van der Waals surface area contributed by atoms with E-state index in [0.29, 0.717) is 69.1 Å². The molecule has 2 aromatic rings. The molecule has 0 bridgehead atoms. The van der Waals surface area contributed by atoms with Gasteiger partial charge in [0.05, 0.1) is 40.6 Å². The molecular formula is C42H60N2O11. The van der Waals surface area contributed by atoms with Gasteiger partial charge in [0.25, 0.3) is 0 Å². The summed E-state index contributed by atoms with van der Waals surface area (Å²) in [4.78, 5) is 36.3. The molecule has 2 rings (SSSR count). The van der Waals surface area contributed by atoms with E-state index in [4.69, 9.17) is 37.9 Å². The van der Waals surface area contributed by atoms with E-state index in [0.717, 1.165) is 23.1 Å². The zero-order valence-corrected chi connectivity index (χ0v) is 33.9. The Kier molecular flexibility index (Phi) is 20.5. The van der Waals surface area contributed by atoms with Gasteiger partial charge in [-0.3, -0.25) is 4.79 Å². The number of alkyl carbamates (subject to hydrolysis) is 2. The minimum Gasteiger partial charge on any atom is -0.493 e. The lowest BCUT2D eigenvalue weighted by molar-refractivity contribution is -0.113. The minimum atomic E-state index is -0.554. The van der Waals surface area contributed by atoms with Crippen molar-refractivity contribution in [1.29, 1.82) is 0 Å². The number of hydrogen-bond acceptors (Lipinski definition) is 11. The molecule has 2 amide bonds. The van der Waals surface area contributed by atoms with Crippen LogP contribution in [0.1, 0.15) is 72.4 Å². The maximum Gasteiger partial charge on any atom is 0.407 e. The first-order chi connectivity index (χ1) is 26.1. The van der Waals surface area contributed by atoms with Crippen molar-refractivity contribution in [2.45, 2.75) is 72.5 Å². The zero-order chi connectivity index (χ0) is 40.7. The van der Waals surface area contributed by atoms with Gasteiger partial charge in [-0.15, -0.1) is 0 Å². The second-order valence-corrected chi connectivity index (χ2v) is 14.1. The maximum absolute atomic E-state index is 13.0. The molecule has 0 saturated carbocycles. The number of rotatable bonds is 23. The molecule has 0 aliphatic rings. The number of hydrogen-bond donors (Lipinski definition) is 2. The van der Waals surface area contributed by atoms with E-state index >= 15 is 0 Å². The van der Waals surface area contributed by atoms with Crippen LogP contribution < -0.4 is 29.6 Å². The average molecular weight is 769 g/mol. The van der Waals surface area contributed by atoms with Gasteiger partial charge in [0.1, 0.15) is 24.4 Å². The number of benzene rings is 2. The summed E-state index contributed by atoms with van der Waals surface area (Å²) in [5.41, 5.74) is 1.45. The Labute approximate surface area is 326 Å². The molecule has 0 radical (unpaired) electrons. The van der Waals surface area contributed by atoms with Crippen LogP contribution in [0.2, 0.25) is 0 Å². The van der Waals surface area contributed by atoms with Crippen LogP contribution in [-0.2, 0) is 23.7 Å². The van der Waals surface area contributed by atoms with Crippen LogP contribution in [0.25, 0.3) is 12.2 Å². The summed E-state index contributed by atoms with van der Waals surface area (Å²) in [6.07, 6.45) is 9.23. The Hall–Kier alpha value is -5.01. The van der Waals surface area contributed by atoms with E-state index in [1.165, 1.54) is 0 Å². The summed E-state index contributed by atoms with van der Waals surface area (Å²) < 4.78 is 44.1. The normalized spacial score (nSPS) is 12.1. The quantitative estimate of drug-likeness (QED) is 0.0655. The van der Waals surface area contributed by atoms with Gasteiger partial charge in [-0.25, -0.2) is 9.59 Å². The number of methoxy groups -OCH3 is 2. The fourth-order valence-electron chi connectivity index (χ4n) is 4.63. The third kappa shape index (κ3) is 20.9. The smallest absolute Gasteiger partial charge is 0.407 e. The van der Waals surface area contributed by atoms with E-state index < -0.39 is 23.4 Å². The molecule has 0 atom stereocenters. The van der Waals surface area contributed by atoms with Crippen molar-refractivity contribution in [3.05, 3.63) is 71.3 Å². The van der Waals surface area contributed by atoms with Crippen molar-refractivity contribution in [3.63, 3.8) is 0 Å². The summed E-state index contributed by atoms with van der Waals surface area (Å²) >= 11 is 0. The van der Waals surface area contributed by atoms with Crippen molar-refractivity contribution >= 4 is 30.1 Å². The number of ketones is 1. The van der Waals surface area contributed by atoms with E-state index in [9.17, 15) is 14.4 Å². The van der Waals surface area contributed by atoms with Crippen LogP contribution >= 0.6 is 0 Å². The highest BCUT2D eigenvalue weighted by Gasteiger charge is 2.16. The van der Waals surface area contributed by atoms with E-state index in [2.05, 4.69) is 10.6 Å². The largest absolute Gasteiger partial charge is 0.493 e. The highest BCUT2D eigenvalue weighted by Crippen LogP contribution is 2.30. The number of carbonyl (C=O) groups excluding carboxylic acids is 3. The maximum atomic E-state index is 13.0. The Morgan fingerprint density at radius 2 is 1.07 bits per heavy atom. The molecule has 13 heteroatoms. The van der Waals surface area contributed by atoms with Crippen molar-refractivity contribution in [2.24, 2.45) is 0 Å². The van der Waals surface area contributed by atoms with Gasteiger partial charge >= 0.3 is 12.2 Å². The minimum absolute atomic E-state index is 0.0499. The Morgan fingerprint density at radius 3 is 1.49 bits per heavy atom. The van der Waals surface area contributed by atoms with Crippen molar-refractivity contribution in [1.82, 2.24) is 10.6 Å². The highest BCUT2D eigenvalue weighted by atomic mass is 16.6. The third-order valence-corrected chi connectivity index (χ3v) is 6.97. The Balaban J connectivity index is 1.82. The monoisotopic (exact) mass is 768 g/mol. The highest BCUT2D eigenvalue weighted by molar-refractivity contribution is 5.95. The van der Waals surface area contributed by atoms with Gasteiger partial charge in [-0.2, -0.15) is 0 Å². The predicted molar refractivity (Wildman–Crippen MR) is 213 cm³/mol. The lowest BCUT2D eigenvalue weighted by Crippen LogP contribution is -2.34. The van der Waals surface area contributed by atoms with E-state index in [1.54, 1.807) is 80.0 Å². The van der Waals surface area contributed by atoms with Gasteiger partial charge in [-0.1, -0.05) is 43.4 Å². The molecule has 0 heterocycles. The van der Waals surface area contributed by atoms with Crippen LogP contribution in [0.5, 0.6) is 23.0 Å². The predicted octanol–water partition coefficient (Wildman–Crippen LogP) is 7.57. The topological polar surface area (TPSA) is 149 Å². The fraction of sp³-hybridized carbons (Fsp3) is 0.500. The summed E-state index contributed by atoms with van der Waals surface area (Å²) in [5, 5.41) is 5.28. The molecule has 0 spiro atoms. The van der Waals surface area contributed by atoms with Crippen LogP contribution in [0.3, 0.4) is 0 Å². The number of amides is 2. The van der Waals surface area contributed by atoms with E-state index in [-0.39, 0.29) is 18.8 Å². The average Bonchev–Trinajstić information content (AvgIpc) is 3.11. The Bertz CT molecular complexity index is 1590. The first-order valence-electron chi connectivity index (χ1n) is 18.4. The lowest BCUT2D eigenvalue weighted by atomic mass is 10.0. The van der Waals surface area contributed by atoms with Crippen molar-refractivity contribution < 1.29 is 52.3 Å². The van der Waals surface area contributed by atoms with Crippen LogP contribution in [-0.4, -0.2) is 96.1 Å². The first kappa shape index (κ1) is 46.1. The molecular weight excluding hydrogens is 708 g/mol. The molecule has 0 aliphatic heterocycles. The fourth-order valence-corrected chi connectivity index (χ4v) is 4.63. The summed E-state index contributed by atoms with van der Waals surface area (Å²) in [6, 6.07) is 11.0. The first-order valence-corrected chi connectivity index (χ1v) is 18.4. The number of allylic oxidation sites excluding steroid dienone is 4. The second-order valence-electron chi connectivity index (χ2n) is 14.1. The van der Waals surface area contributed by atoms with Gasteiger partial charge in [0, 0.05) is 19.5 Å². The number of nitrogens with one attached hydrogen (secondary N) is 2. The molecule has 0 fully saturated rings. The second kappa shape index (κ2) is 24.4. The SMILES string of the molecule is CC/C=C(/C=C/c1ccc(OCCOCCNC(=O)OC(C)(C)C)c(OC)c1)CC(=O)/C=C/c1ccc(OCCOCCNC(=O)OC(C)(C)C)c(OC)c1. The van der Waals surface area contributed by atoms with Crippen LogP contribution in [0.15, 0.2) is 60.2 Å². The molecule has 2 aromatic carbocycles. The van der Waals surface area contributed by atoms with Gasteiger partial charge in [-0.05, 0) is 95.0 Å². The number of ether oxygens (including phenoxy) is 8. The van der Waals surface area contributed by atoms with E-state index in [1.807, 2.05) is 49.4 Å². The Morgan fingerprint density at radius 1 is 0.618 bits per heavy atom. The summed E-state index contributed by atoms with van der Waals surface area (Å²) in [7, 11) is 3.13. The third-order valence-electron chi connectivity index (χ3n) is 6.97. The molecule has 0 aromatic heterocycles. The molecule has 0 saturated heterocycles. The van der Waals surface area contributed by atoms with Crippen molar-refractivity contribution in [3.8, 4) is 23.0 Å². The summed E-state index contributed by atoms with van der Waals surface area (Å²) in [5.74, 6) is 2.17. The van der Waals surface area contributed by atoms with Crippen LogP contribution in [0, 0.1) is 0 Å². The van der Waals surface area contributed by atoms with Gasteiger partial charge < -0.3 is 48.5 Å². The standard InChI is InChI=1S/C42H60N2O11/c1-10-11-31(12-13-32-15-18-35(37(29-32)48-8)52-26-24-50-22-20-43-39(46)54-41(2,3)4)28-34(45)17-14-33-16-19-36(38(30-33)49-9)53-27-25-51-23-21-44-40(47)55-42(5,6)7/h11-19,29-30H,10,20-28H2,1-9H3,(H,43,46)(H,44,47)/b13-12+,17-14+,31-11-. The lowest BCUT2D eigenvalue weighted by Gasteiger charge is -2.19. The molecule has 0 unspecified atom stereocenters. The van der Waals surface area contributed by atoms with Crippen LogP contribution in [0.4, 0.5) is 9.59 Å². The number of carbonyl (C=O) groups is 3. The zero-order valence-electron chi connectivity index (χ0n) is 33.9. The summed E-state index contributed by atoms with van der Waals surface area (Å²) in [6.45, 7) is 15.4. The molecule has 13 nitrogen and oxygen atoms in total. The molecule has 0 aliphatic carbocycles. The molecule has 2 N–H and O–H groups in total. The molecule has 55 heavy (non-hydrogen) atoms.